The van der Waals surface area contributed by atoms with Crippen LogP contribution in [0.3, 0.4) is 0 Å². The fourth-order valence-corrected chi connectivity index (χ4v) is 2.40. The number of terminal acetylenes is 1. The van der Waals surface area contributed by atoms with E-state index < -0.39 is 16.2 Å². The fraction of sp³-hybridized carbons (Fsp3) is 0.308. The monoisotopic (exact) mass is 281 g/mol. The molecule has 0 bridgehead atoms. The highest BCUT2D eigenvalue weighted by molar-refractivity contribution is 7.86. The Morgan fingerprint density at radius 3 is 2.42 bits per heavy atom. The summed E-state index contributed by atoms with van der Waals surface area (Å²) in [5.41, 5.74) is 0.332. The number of nitrogens with one attached hydrogen (secondary N) is 1. The minimum atomic E-state index is -3.78. The molecule has 0 aliphatic heterocycles. The molecule has 0 saturated heterocycles. The molecule has 5 nitrogen and oxygen atoms in total. The van der Waals surface area contributed by atoms with E-state index in [2.05, 4.69) is 11.2 Å². The van der Waals surface area contributed by atoms with Crippen LogP contribution in [0.5, 0.6) is 0 Å². The summed E-state index contributed by atoms with van der Waals surface area (Å²) >= 11 is 0. The average Bonchev–Trinajstić information content (AvgIpc) is 2.34. The molecule has 1 rings (SSSR count). The molecule has 0 aromatic heterocycles. The molecule has 1 amide bonds. The Hall–Kier alpha value is -1.84. The number of hydrogen-bond acceptors (Lipinski definition) is 4. The molecule has 1 aromatic rings. The third kappa shape index (κ3) is 4.39. The third-order valence-corrected chi connectivity index (χ3v) is 3.56. The number of rotatable bonds is 5. The zero-order valence-corrected chi connectivity index (χ0v) is 11.5. The zero-order chi connectivity index (χ0) is 14.5. The van der Waals surface area contributed by atoms with Gasteiger partial charge in [-0.2, -0.15) is 8.42 Å². The van der Waals surface area contributed by atoms with Gasteiger partial charge in [0, 0.05) is 5.56 Å². The van der Waals surface area contributed by atoms with Crippen LogP contribution >= 0.6 is 0 Å². The van der Waals surface area contributed by atoms with Crippen LogP contribution in [-0.2, 0) is 14.3 Å². The highest BCUT2D eigenvalue weighted by Gasteiger charge is 2.17. The molecule has 0 unspecified atom stereocenters. The van der Waals surface area contributed by atoms with Gasteiger partial charge in [-0.15, -0.1) is 6.42 Å². The average molecular weight is 281 g/mol. The Bertz CT molecular complexity index is 582. The standard InChI is InChI=1S/C13H15NO4S/c1-4-9-14-13(15)11-5-7-12(8-6-11)19(16,17)18-10(2)3/h1,5-8,10H,9H2,2-3H3,(H,14,15). The van der Waals surface area contributed by atoms with Crippen LogP contribution in [0.2, 0.25) is 0 Å². The molecule has 1 N–H and O–H groups in total. The first kappa shape index (κ1) is 15.2. The lowest BCUT2D eigenvalue weighted by atomic mass is 10.2. The largest absolute Gasteiger partial charge is 0.341 e. The van der Waals surface area contributed by atoms with Crippen LogP contribution in [0.15, 0.2) is 29.2 Å². The number of benzene rings is 1. The van der Waals surface area contributed by atoms with Crippen LogP contribution in [0.1, 0.15) is 24.2 Å². The van der Waals surface area contributed by atoms with Crippen LogP contribution in [0, 0.1) is 12.3 Å². The number of amides is 1. The molecule has 102 valence electrons. The van der Waals surface area contributed by atoms with Gasteiger partial charge < -0.3 is 5.32 Å². The summed E-state index contributed by atoms with van der Waals surface area (Å²) < 4.78 is 28.3. The molecular formula is C13H15NO4S. The molecule has 0 atom stereocenters. The normalized spacial score (nSPS) is 11.1. The minimum absolute atomic E-state index is 0.00898. The SMILES string of the molecule is C#CCNC(=O)c1ccc(S(=O)(=O)OC(C)C)cc1. The fourth-order valence-electron chi connectivity index (χ4n) is 1.32. The van der Waals surface area contributed by atoms with E-state index in [1.165, 1.54) is 24.3 Å². The van der Waals surface area contributed by atoms with Crippen molar-refractivity contribution in [1.82, 2.24) is 5.32 Å². The lowest BCUT2D eigenvalue weighted by molar-refractivity contribution is 0.0958. The Morgan fingerprint density at radius 1 is 1.37 bits per heavy atom. The lowest BCUT2D eigenvalue weighted by Crippen LogP contribution is -2.23. The summed E-state index contributed by atoms with van der Waals surface area (Å²) in [5.74, 6) is 1.92. The minimum Gasteiger partial charge on any atom is -0.341 e. The maximum absolute atomic E-state index is 11.7. The van der Waals surface area contributed by atoms with Gasteiger partial charge in [0.2, 0.25) is 0 Å². The van der Waals surface area contributed by atoms with E-state index in [0.29, 0.717) is 5.56 Å². The van der Waals surface area contributed by atoms with Gasteiger partial charge in [-0.3, -0.25) is 8.98 Å². The Morgan fingerprint density at radius 2 is 1.95 bits per heavy atom. The van der Waals surface area contributed by atoms with Crippen LogP contribution in [0.25, 0.3) is 0 Å². The first-order valence-corrected chi connectivity index (χ1v) is 7.02. The van der Waals surface area contributed by atoms with E-state index in [1.54, 1.807) is 13.8 Å². The summed E-state index contributed by atoms with van der Waals surface area (Å²) in [4.78, 5) is 11.6. The van der Waals surface area contributed by atoms with Crippen molar-refractivity contribution in [3.8, 4) is 12.3 Å². The summed E-state index contributed by atoms with van der Waals surface area (Å²) in [6.07, 6.45) is 4.58. The Kier molecular flexibility index (Phi) is 5.10. The molecule has 0 aliphatic rings. The van der Waals surface area contributed by atoms with Crippen molar-refractivity contribution < 1.29 is 17.4 Å². The van der Waals surface area contributed by atoms with Crippen molar-refractivity contribution in [2.75, 3.05) is 6.54 Å². The molecule has 1 aromatic carbocycles. The molecule has 0 aliphatic carbocycles. The van der Waals surface area contributed by atoms with E-state index in [9.17, 15) is 13.2 Å². The topological polar surface area (TPSA) is 72.5 Å². The van der Waals surface area contributed by atoms with E-state index in [0.717, 1.165) is 0 Å². The van der Waals surface area contributed by atoms with Crippen molar-refractivity contribution in [2.24, 2.45) is 0 Å². The van der Waals surface area contributed by atoms with Gasteiger partial charge >= 0.3 is 0 Å². The number of carbonyl (C=O) groups is 1. The highest BCUT2D eigenvalue weighted by Crippen LogP contribution is 2.15. The third-order valence-electron chi connectivity index (χ3n) is 2.08. The molecule has 0 spiro atoms. The first-order valence-electron chi connectivity index (χ1n) is 5.62. The summed E-state index contributed by atoms with van der Waals surface area (Å²) in [5, 5.41) is 2.48. The Balaban J connectivity index is 2.88. The number of carbonyl (C=O) groups excluding carboxylic acids is 1. The second kappa shape index (κ2) is 6.36. The summed E-state index contributed by atoms with van der Waals surface area (Å²) in [7, 11) is -3.78. The quantitative estimate of drug-likeness (QED) is 0.649. The predicted octanol–water partition coefficient (Wildman–Crippen LogP) is 1.16. The van der Waals surface area contributed by atoms with Gasteiger partial charge in [0.05, 0.1) is 17.5 Å². The van der Waals surface area contributed by atoms with E-state index in [-0.39, 0.29) is 17.3 Å². The molecule has 0 saturated carbocycles. The molecule has 0 radical (unpaired) electrons. The second-order valence-corrected chi connectivity index (χ2v) is 5.58. The summed E-state index contributed by atoms with van der Waals surface area (Å²) in [6, 6.07) is 5.45. The van der Waals surface area contributed by atoms with Gasteiger partial charge in [-0.05, 0) is 38.1 Å². The number of hydrogen-bond donors (Lipinski definition) is 1. The smallest absolute Gasteiger partial charge is 0.297 e. The molecular weight excluding hydrogens is 266 g/mol. The van der Waals surface area contributed by atoms with Gasteiger partial charge in [0.1, 0.15) is 0 Å². The first-order chi connectivity index (χ1) is 8.86. The van der Waals surface area contributed by atoms with Gasteiger partial charge in [0.15, 0.2) is 0 Å². The molecule has 19 heavy (non-hydrogen) atoms. The summed E-state index contributed by atoms with van der Waals surface area (Å²) in [6.45, 7) is 3.37. The van der Waals surface area contributed by atoms with E-state index in [4.69, 9.17) is 10.6 Å². The molecule has 0 heterocycles. The van der Waals surface area contributed by atoms with Gasteiger partial charge in [-0.1, -0.05) is 5.92 Å². The van der Waals surface area contributed by atoms with Crippen LogP contribution < -0.4 is 5.32 Å². The van der Waals surface area contributed by atoms with E-state index >= 15 is 0 Å². The lowest BCUT2D eigenvalue weighted by Gasteiger charge is -2.08. The van der Waals surface area contributed by atoms with Gasteiger partial charge in [0.25, 0.3) is 16.0 Å². The van der Waals surface area contributed by atoms with Crippen LogP contribution in [0.4, 0.5) is 0 Å². The van der Waals surface area contributed by atoms with Crippen molar-refractivity contribution in [3.63, 3.8) is 0 Å². The van der Waals surface area contributed by atoms with Crippen molar-refractivity contribution in [1.29, 1.82) is 0 Å². The van der Waals surface area contributed by atoms with Crippen LogP contribution in [-0.4, -0.2) is 27.0 Å². The Labute approximate surface area is 113 Å². The van der Waals surface area contributed by atoms with E-state index in [1.807, 2.05) is 0 Å². The van der Waals surface area contributed by atoms with Crippen molar-refractivity contribution in [3.05, 3.63) is 29.8 Å². The molecule has 6 heteroatoms. The molecule has 0 fully saturated rings. The van der Waals surface area contributed by atoms with Crippen molar-refractivity contribution >= 4 is 16.0 Å². The predicted molar refractivity (Wildman–Crippen MR) is 71.0 cm³/mol. The zero-order valence-electron chi connectivity index (χ0n) is 10.7. The highest BCUT2D eigenvalue weighted by atomic mass is 32.2. The maximum atomic E-state index is 11.7. The van der Waals surface area contributed by atoms with Gasteiger partial charge in [-0.25, -0.2) is 0 Å². The van der Waals surface area contributed by atoms with Crippen molar-refractivity contribution in [2.45, 2.75) is 24.8 Å². The second-order valence-electron chi connectivity index (χ2n) is 4.01. The maximum Gasteiger partial charge on any atom is 0.297 e.